The van der Waals surface area contributed by atoms with Crippen LogP contribution in [0.1, 0.15) is 41.0 Å². The molecule has 0 spiro atoms. The van der Waals surface area contributed by atoms with E-state index in [2.05, 4.69) is 33.1 Å². The Bertz CT molecular complexity index is 693. The summed E-state index contributed by atoms with van der Waals surface area (Å²) in [4.78, 5) is 25.1. The second-order valence-corrected chi connectivity index (χ2v) is 6.38. The predicted molar refractivity (Wildman–Crippen MR) is 95.1 cm³/mol. The van der Waals surface area contributed by atoms with Crippen LogP contribution in [0.3, 0.4) is 0 Å². The summed E-state index contributed by atoms with van der Waals surface area (Å²) >= 11 is 0. The van der Waals surface area contributed by atoms with Crippen LogP contribution in [0.2, 0.25) is 0 Å². The van der Waals surface area contributed by atoms with Crippen molar-refractivity contribution in [2.24, 2.45) is 0 Å². The van der Waals surface area contributed by atoms with Crippen LogP contribution in [0.5, 0.6) is 0 Å². The van der Waals surface area contributed by atoms with Crippen molar-refractivity contribution in [3.05, 3.63) is 53.6 Å². The second-order valence-electron chi connectivity index (χ2n) is 6.38. The third-order valence-corrected chi connectivity index (χ3v) is 4.44. The Labute approximate surface area is 143 Å². The molecule has 1 amide bonds. The monoisotopic (exact) mass is 324 g/mol. The van der Waals surface area contributed by atoms with Crippen LogP contribution >= 0.6 is 0 Å². The van der Waals surface area contributed by atoms with Gasteiger partial charge in [-0.1, -0.05) is 18.2 Å². The van der Waals surface area contributed by atoms with Gasteiger partial charge >= 0.3 is 0 Å². The van der Waals surface area contributed by atoms with Crippen molar-refractivity contribution in [1.82, 2.24) is 14.9 Å². The number of nitrogens with zero attached hydrogens (tertiary/aromatic N) is 4. The average Bonchev–Trinajstić information content (AvgIpc) is 2.63. The van der Waals surface area contributed by atoms with Gasteiger partial charge < -0.3 is 9.80 Å². The summed E-state index contributed by atoms with van der Waals surface area (Å²) in [7, 11) is 1.82. The Balaban J connectivity index is 1.75. The summed E-state index contributed by atoms with van der Waals surface area (Å²) in [5, 5.41) is 0. The third kappa shape index (κ3) is 3.72. The molecule has 5 nitrogen and oxygen atoms in total. The molecule has 2 heterocycles. The molecular weight excluding hydrogens is 300 g/mol. The molecule has 126 valence electrons. The molecule has 1 aromatic carbocycles. The van der Waals surface area contributed by atoms with Gasteiger partial charge in [0.05, 0.1) is 11.9 Å². The SMILES string of the molecule is Cc1cnc(C(=O)N(C)Cc2ccccc2N2CCCCC2)cn1. The predicted octanol–water partition coefficient (Wildman–Crippen LogP) is 3.05. The molecular formula is C19H24N4O. The minimum Gasteiger partial charge on any atom is -0.371 e. The average molecular weight is 324 g/mol. The van der Waals surface area contributed by atoms with Crippen LogP contribution in [0.25, 0.3) is 0 Å². The largest absolute Gasteiger partial charge is 0.371 e. The van der Waals surface area contributed by atoms with Crippen molar-refractivity contribution in [2.75, 3.05) is 25.0 Å². The molecule has 3 rings (SSSR count). The van der Waals surface area contributed by atoms with Crippen LogP contribution in [0.15, 0.2) is 36.7 Å². The fourth-order valence-corrected chi connectivity index (χ4v) is 3.11. The highest BCUT2D eigenvalue weighted by molar-refractivity contribution is 5.91. The van der Waals surface area contributed by atoms with E-state index in [4.69, 9.17) is 0 Å². The molecule has 5 heteroatoms. The van der Waals surface area contributed by atoms with Gasteiger partial charge in [0, 0.05) is 38.6 Å². The summed E-state index contributed by atoms with van der Waals surface area (Å²) in [6.07, 6.45) is 6.96. The Morgan fingerprint density at radius 3 is 2.58 bits per heavy atom. The molecule has 0 radical (unpaired) electrons. The van der Waals surface area contributed by atoms with Crippen molar-refractivity contribution in [3.8, 4) is 0 Å². The highest BCUT2D eigenvalue weighted by atomic mass is 16.2. The normalized spacial score (nSPS) is 14.5. The summed E-state index contributed by atoms with van der Waals surface area (Å²) in [6.45, 7) is 4.62. The number of amides is 1. The van der Waals surface area contributed by atoms with Crippen molar-refractivity contribution < 1.29 is 4.79 Å². The van der Waals surface area contributed by atoms with E-state index in [1.807, 2.05) is 20.0 Å². The number of para-hydroxylation sites is 1. The van der Waals surface area contributed by atoms with Gasteiger partial charge in [0.1, 0.15) is 5.69 Å². The number of rotatable bonds is 4. The van der Waals surface area contributed by atoms with Crippen LogP contribution in [-0.2, 0) is 6.54 Å². The van der Waals surface area contributed by atoms with Gasteiger partial charge in [-0.2, -0.15) is 0 Å². The number of benzene rings is 1. The van der Waals surface area contributed by atoms with E-state index in [9.17, 15) is 4.79 Å². The van der Waals surface area contributed by atoms with Gasteiger partial charge in [-0.3, -0.25) is 9.78 Å². The molecule has 24 heavy (non-hydrogen) atoms. The zero-order valence-corrected chi connectivity index (χ0v) is 14.4. The van der Waals surface area contributed by atoms with Crippen LogP contribution in [0, 0.1) is 6.92 Å². The first kappa shape index (κ1) is 16.4. The number of hydrogen-bond donors (Lipinski definition) is 0. The molecule has 2 aromatic rings. The Morgan fingerprint density at radius 1 is 1.12 bits per heavy atom. The van der Waals surface area contributed by atoms with Crippen LogP contribution in [-0.4, -0.2) is 40.9 Å². The van der Waals surface area contributed by atoms with Gasteiger partial charge in [0.15, 0.2) is 0 Å². The molecule has 0 aliphatic carbocycles. The topological polar surface area (TPSA) is 49.3 Å². The molecule has 1 saturated heterocycles. The number of hydrogen-bond acceptors (Lipinski definition) is 4. The van der Waals surface area contributed by atoms with Gasteiger partial charge in [0.25, 0.3) is 5.91 Å². The fraction of sp³-hybridized carbons (Fsp3) is 0.421. The maximum Gasteiger partial charge on any atom is 0.274 e. The second kappa shape index (κ2) is 7.43. The number of aromatic nitrogens is 2. The smallest absolute Gasteiger partial charge is 0.274 e. The molecule has 1 aliphatic rings. The minimum atomic E-state index is -0.101. The zero-order chi connectivity index (χ0) is 16.9. The van der Waals surface area contributed by atoms with Gasteiger partial charge in [0.2, 0.25) is 0 Å². The number of carbonyl (C=O) groups excluding carboxylic acids is 1. The molecule has 0 saturated carbocycles. The molecule has 0 bridgehead atoms. The lowest BCUT2D eigenvalue weighted by molar-refractivity contribution is 0.0779. The van der Waals surface area contributed by atoms with Gasteiger partial charge in [-0.25, -0.2) is 4.98 Å². The van der Waals surface area contributed by atoms with E-state index in [0.29, 0.717) is 12.2 Å². The standard InChI is InChI=1S/C19H24N4O/c1-15-12-21-17(13-20-15)19(24)22(2)14-16-8-4-5-9-18(16)23-10-6-3-7-11-23/h4-5,8-9,12-13H,3,6-7,10-11,14H2,1-2H3. The van der Waals surface area contributed by atoms with Crippen LogP contribution < -0.4 is 4.90 Å². The minimum absolute atomic E-state index is 0.101. The number of aryl methyl sites for hydroxylation is 1. The lowest BCUT2D eigenvalue weighted by atomic mass is 10.1. The molecule has 0 N–H and O–H groups in total. The summed E-state index contributed by atoms with van der Waals surface area (Å²) < 4.78 is 0. The van der Waals surface area contributed by atoms with Crippen molar-refractivity contribution in [2.45, 2.75) is 32.7 Å². The Hall–Kier alpha value is -2.43. The Kier molecular flexibility index (Phi) is 5.08. The van der Waals surface area contributed by atoms with E-state index in [1.54, 1.807) is 17.3 Å². The molecule has 1 aromatic heterocycles. The number of piperidine rings is 1. The van der Waals surface area contributed by atoms with E-state index in [1.165, 1.54) is 30.5 Å². The van der Waals surface area contributed by atoms with E-state index in [-0.39, 0.29) is 5.91 Å². The van der Waals surface area contributed by atoms with Gasteiger partial charge in [-0.15, -0.1) is 0 Å². The maximum atomic E-state index is 12.6. The molecule has 0 atom stereocenters. The first-order chi connectivity index (χ1) is 11.6. The van der Waals surface area contributed by atoms with Crippen molar-refractivity contribution in [3.63, 3.8) is 0 Å². The van der Waals surface area contributed by atoms with E-state index >= 15 is 0 Å². The zero-order valence-electron chi connectivity index (χ0n) is 14.4. The first-order valence-electron chi connectivity index (χ1n) is 8.52. The summed E-state index contributed by atoms with van der Waals surface area (Å²) in [6, 6.07) is 8.37. The molecule has 0 unspecified atom stereocenters. The first-order valence-corrected chi connectivity index (χ1v) is 8.52. The fourth-order valence-electron chi connectivity index (χ4n) is 3.11. The highest BCUT2D eigenvalue weighted by Gasteiger charge is 2.18. The van der Waals surface area contributed by atoms with E-state index < -0.39 is 0 Å². The van der Waals surface area contributed by atoms with E-state index in [0.717, 1.165) is 18.8 Å². The number of carbonyl (C=O) groups is 1. The van der Waals surface area contributed by atoms with Crippen LogP contribution in [0.4, 0.5) is 5.69 Å². The number of anilines is 1. The van der Waals surface area contributed by atoms with Crippen molar-refractivity contribution in [1.29, 1.82) is 0 Å². The third-order valence-electron chi connectivity index (χ3n) is 4.44. The lowest BCUT2D eigenvalue weighted by Crippen LogP contribution is -2.32. The van der Waals surface area contributed by atoms with Crippen molar-refractivity contribution >= 4 is 11.6 Å². The maximum absolute atomic E-state index is 12.6. The highest BCUT2D eigenvalue weighted by Crippen LogP contribution is 2.25. The lowest BCUT2D eigenvalue weighted by Gasteiger charge is -2.31. The molecule has 1 fully saturated rings. The summed E-state index contributed by atoms with van der Waals surface area (Å²) in [5.41, 5.74) is 3.62. The van der Waals surface area contributed by atoms with Gasteiger partial charge in [-0.05, 0) is 37.8 Å². The Morgan fingerprint density at radius 2 is 1.88 bits per heavy atom. The quantitative estimate of drug-likeness (QED) is 0.867. The molecule has 1 aliphatic heterocycles. The summed E-state index contributed by atoms with van der Waals surface area (Å²) in [5.74, 6) is -0.101.